The van der Waals surface area contributed by atoms with Crippen molar-refractivity contribution in [3.63, 3.8) is 0 Å². The molecule has 0 aliphatic heterocycles. The molecule has 0 bridgehead atoms. The van der Waals surface area contributed by atoms with Crippen LogP contribution in [-0.2, 0) is 52.0 Å². The minimum Gasteiger partial charge on any atom is -0.358 e. The molecule has 1 heteroatoms. The van der Waals surface area contributed by atoms with E-state index in [2.05, 4.69) is 94.8 Å². The maximum atomic E-state index is 2.48. The Morgan fingerprint density at radius 3 is 1.56 bits per heavy atom. The Labute approximate surface area is 268 Å². The van der Waals surface area contributed by atoms with Gasteiger partial charge in [0.05, 0.1) is 0 Å². The van der Waals surface area contributed by atoms with E-state index in [9.17, 15) is 0 Å². The van der Waals surface area contributed by atoms with Crippen molar-refractivity contribution in [1.82, 2.24) is 0 Å². The van der Waals surface area contributed by atoms with Crippen LogP contribution < -0.4 is 0 Å². The van der Waals surface area contributed by atoms with E-state index in [-0.39, 0.29) is 47.6 Å². The van der Waals surface area contributed by atoms with Crippen LogP contribution in [-0.4, -0.2) is 0 Å². The number of allylic oxidation sites excluding steroid dienone is 8. The molecule has 1 atom stereocenters. The van der Waals surface area contributed by atoms with Gasteiger partial charge in [0.2, 0.25) is 0 Å². The van der Waals surface area contributed by atoms with Crippen LogP contribution in [0.25, 0.3) is 11.1 Å². The van der Waals surface area contributed by atoms with E-state index < -0.39 is 0 Å². The van der Waals surface area contributed by atoms with Gasteiger partial charge in [0.25, 0.3) is 0 Å². The van der Waals surface area contributed by atoms with Crippen molar-refractivity contribution in [2.75, 3.05) is 0 Å². The fourth-order valence-corrected chi connectivity index (χ4v) is 5.36. The van der Waals surface area contributed by atoms with Gasteiger partial charge in [-0.1, -0.05) is 108 Å². The Morgan fingerprint density at radius 2 is 1.10 bits per heavy atom. The minimum absolute atomic E-state index is 0. The summed E-state index contributed by atoms with van der Waals surface area (Å²) in [4.78, 5) is 0. The van der Waals surface area contributed by atoms with Gasteiger partial charge < -0.3 is 14.9 Å². The zero-order valence-electron chi connectivity index (χ0n) is 26.6. The van der Waals surface area contributed by atoms with Crippen LogP contribution in [0.4, 0.5) is 0 Å². The zero-order valence-corrected chi connectivity index (χ0v) is 29.5. The first-order chi connectivity index (χ1) is 17.5. The van der Waals surface area contributed by atoms with Crippen LogP contribution in [0.3, 0.4) is 0 Å². The van der Waals surface area contributed by atoms with Gasteiger partial charge in [-0.3, -0.25) is 0 Å². The number of rotatable bonds is 5. The molecule has 0 amide bonds. The SMILES string of the molecule is CC.CC.C[CH-]C1=CC=C(c2ccc3c(c2)CCc2cc(C4=CC=C(C(C)C(C)C)C4)ccc2C3)C1.[CH3-].[CH3-].[Y+3]. The van der Waals surface area contributed by atoms with Crippen LogP contribution in [0, 0.1) is 33.1 Å². The molecule has 39 heavy (non-hydrogen) atoms. The quantitative estimate of drug-likeness (QED) is 0.300. The van der Waals surface area contributed by atoms with Crippen molar-refractivity contribution in [2.24, 2.45) is 11.8 Å². The van der Waals surface area contributed by atoms with E-state index in [1.54, 1.807) is 5.57 Å². The molecule has 3 aliphatic carbocycles. The average molecular weight is 599 g/mol. The second kappa shape index (κ2) is 17.9. The maximum absolute atomic E-state index is 2.48. The molecule has 0 saturated heterocycles. The number of aryl methyl sites for hydroxylation is 2. The predicted octanol–water partition coefficient (Wildman–Crippen LogP) is 11.3. The second-order valence-electron chi connectivity index (χ2n) is 10.2. The van der Waals surface area contributed by atoms with Crippen LogP contribution in [0.15, 0.2) is 71.8 Å². The summed E-state index contributed by atoms with van der Waals surface area (Å²) in [5, 5.41) is 0. The van der Waals surface area contributed by atoms with Crippen LogP contribution in [0.1, 0.15) is 102 Å². The van der Waals surface area contributed by atoms with E-state index in [0.717, 1.165) is 32.1 Å². The van der Waals surface area contributed by atoms with Gasteiger partial charge in [-0.15, -0.1) is 13.0 Å². The minimum atomic E-state index is 0. The van der Waals surface area contributed by atoms with Crippen molar-refractivity contribution in [3.8, 4) is 0 Å². The fourth-order valence-electron chi connectivity index (χ4n) is 5.36. The summed E-state index contributed by atoms with van der Waals surface area (Å²) in [6.45, 7) is 17.2. The molecule has 5 rings (SSSR count). The third-order valence-electron chi connectivity index (χ3n) is 7.94. The Hall–Kier alpha value is -1.63. The normalized spacial score (nSPS) is 15.3. The van der Waals surface area contributed by atoms with Crippen molar-refractivity contribution in [3.05, 3.63) is 127 Å². The van der Waals surface area contributed by atoms with Gasteiger partial charge in [0.1, 0.15) is 0 Å². The molecular formula is C38H53Y. The summed E-state index contributed by atoms with van der Waals surface area (Å²) >= 11 is 0. The first kappa shape index (κ1) is 37.4. The average Bonchev–Trinajstić information content (AvgIpc) is 3.57. The number of hydrogen-bond acceptors (Lipinski definition) is 0. The topological polar surface area (TPSA) is 0 Å². The Morgan fingerprint density at radius 1 is 0.615 bits per heavy atom. The molecule has 0 aromatic heterocycles. The van der Waals surface area contributed by atoms with E-state index in [0.29, 0.717) is 11.8 Å². The Balaban J connectivity index is 0.00000197. The van der Waals surface area contributed by atoms with Crippen molar-refractivity contribution >= 4 is 11.1 Å². The first-order valence-electron chi connectivity index (χ1n) is 14.3. The molecule has 0 N–H and O–H groups in total. The third-order valence-corrected chi connectivity index (χ3v) is 7.94. The Kier molecular flexibility index (Phi) is 17.2. The van der Waals surface area contributed by atoms with Crippen LogP contribution >= 0.6 is 0 Å². The van der Waals surface area contributed by atoms with Gasteiger partial charge in [0, 0.05) is 0 Å². The zero-order chi connectivity index (χ0) is 26.2. The van der Waals surface area contributed by atoms with Gasteiger partial charge >= 0.3 is 32.7 Å². The molecule has 0 fully saturated rings. The maximum Gasteiger partial charge on any atom is 3.00 e. The van der Waals surface area contributed by atoms with Crippen LogP contribution in [0.2, 0.25) is 0 Å². The first-order valence-corrected chi connectivity index (χ1v) is 14.3. The molecule has 0 heterocycles. The molecule has 2 aromatic carbocycles. The molecule has 0 spiro atoms. The molecule has 208 valence electrons. The van der Waals surface area contributed by atoms with Gasteiger partial charge in [-0.25, -0.2) is 18.1 Å². The van der Waals surface area contributed by atoms with Gasteiger partial charge in [-0.2, -0.15) is 0 Å². The van der Waals surface area contributed by atoms with E-state index in [4.69, 9.17) is 0 Å². The largest absolute Gasteiger partial charge is 3.00 e. The van der Waals surface area contributed by atoms with Crippen molar-refractivity contribution in [2.45, 2.75) is 87.5 Å². The summed E-state index contributed by atoms with van der Waals surface area (Å²) < 4.78 is 0. The molecule has 0 saturated carbocycles. The third kappa shape index (κ3) is 8.93. The van der Waals surface area contributed by atoms with E-state index >= 15 is 0 Å². The molecule has 0 nitrogen and oxygen atoms in total. The van der Waals surface area contributed by atoms with Gasteiger partial charge in [0.15, 0.2) is 0 Å². The molecule has 0 radical (unpaired) electrons. The Bertz CT molecular complexity index is 1170. The number of benzene rings is 2. The molecular weight excluding hydrogens is 545 g/mol. The summed E-state index contributed by atoms with van der Waals surface area (Å²) in [5.41, 5.74) is 14.9. The number of hydrogen-bond donors (Lipinski definition) is 0. The predicted molar refractivity (Wildman–Crippen MR) is 174 cm³/mol. The molecule has 2 aromatic rings. The summed E-state index contributed by atoms with van der Waals surface area (Å²) in [7, 11) is 0. The van der Waals surface area contributed by atoms with Crippen LogP contribution in [0.5, 0.6) is 0 Å². The monoisotopic (exact) mass is 598 g/mol. The summed E-state index contributed by atoms with van der Waals surface area (Å²) in [6, 6.07) is 14.4. The molecule has 3 aliphatic rings. The number of fused-ring (bicyclic) bond motifs is 2. The second-order valence-corrected chi connectivity index (χ2v) is 10.2. The van der Waals surface area contributed by atoms with E-state index in [1.807, 2.05) is 27.7 Å². The fraction of sp³-hybridized carbons (Fsp3) is 0.395. The van der Waals surface area contributed by atoms with Crippen molar-refractivity contribution < 1.29 is 32.7 Å². The molecule has 1 unspecified atom stereocenters. The summed E-state index contributed by atoms with van der Waals surface area (Å²) in [6.07, 6.45) is 17.0. The van der Waals surface area contributed by atoms with Gasteiger partial charge in [-0.05, 0) is 82.9 Å². The standard InChI is InChI=1S/C32H35.2C2H6.2CH3.Y/c1-5-23-6-7-25(16-23)27-10-11-30-20-32-13-12-28(19-31(32)15-14-29(30)18-27)26-9-8-24(17-26)22(4)21(2)3;2*1-2;;;/h5-13,18-19,21-22H,14-17,20H2,1-4H3;2*1-2H3;2*1H3;/q-1;;;2*-1;+3. The summed E-state index contributed by atoms with van der Waals surface area (Å²) in [5.74, 6) is 1.36. The van der Waals surface area contributed by atoms with Crippen molar-refractivity contribution in [1.29, 1.82) is 0 Å². The smallest absolute Gasteiger partial charge is 0.358 e. The van der Waals surface area contributed by atoms with E-state index in [1.165, 1.54) is 50.1 Å².